The molecular formula is C59H95N3O18P+. The van der Waals surface area contributed by atoms with Crippen molar-refractivity contribution in [2.45, 2.75) is 194 Å². The summed E-state index contributed by atoms with van der Waals surface area (Å²) in [6.07, 6.45) is 9.39. The van der Waals surface area contributed by atoms with Crippen LogP contribution in [0.4, 0.5) is 9.59 Å². The standard InChI is InChI=1S/C51H79NO13.C6H10N2O4.C2H6OP/c1-30-16-12-11-13-17-31(2)42(61-8)28-38-21-19-36(7)51(60,65-38)48(57)49(58)52-23-15-14-18-39(52)50(59)64-43(33(4)26-37-20-22-40(53)44(27-37)62-9)29-41(54)32(3)25-35(6)46(56)47(63-10)45(55)34(5)24-30;1-3-11-5(9)7-8-6(10)12-4-2;1-4(2)3/h11-13,16-17,25,30,32-34,36-40,42-44,46-47,53,56,60H,14-15,18-24,26-29H2,1-10H3;3-4H2,1-2H3;1-2H3/q;;+1/b13-11+,16-12+,31-17+,35-25+;;/t30-,32-,33-,34-,36-,37+,38+,39+,40-,42+,43+,44-,46-,47+,51-;;/m1../s1. The number of carbonyl (C=O) groups excluding carboxylic acids is 7. The lowest BCUT2D eigenvalue weighted by Gasteiger charge is -2.42. The normalized spacial score (nSPS) is 34.2. The van der Waals surface area contributed by atoms with Crippen LogP contribution in [0.5, 0.6) is 0 Å². The number of aliphatic hydroxyl groups excluding tert-OH is 2. The third-order valence-electron chi connectivity index (χ3n) is 15.2. The highest BCUT2D eigenvalue weighted by Gasteiger charge is 2.53. The molecule has 3 N–H and O–H groups in total. The third-order valence-corrected chi connectivity index (χ3v) is 15.2. The molecule has 4 rings (SSSR count). The van der Waals surface area contributed by atoms with Gasteiger partial charge in [-0.25, -0.2) is 14.4 Å². The van der Waals surface area contributed by atoms with E-state index in [0.717, 1.165) is 12.0 Å². The summed E-state index contributed by atoms with van der Waals surface area (Å²) in [6, 6.07) is -1.14. The van der Waals surface area contributed by atoms with Gasteiger partial charge < -0.3 is 53.4 Å². The second-order valence-corrected chi connectivity index (χ2v) is 23.6. The number of amides is 3. The molecule has 0 spiro atoms. The number of ketones is 3. The number of methoxy groups -OCH3 is 3. The van der Waals surface area contributed by atoms with Crippen molar-refractivity contribution in [3.63, 3.8) is 0 Å². The van der Waals surface area contributed by atoms with Crippen LogP contribution in [-0.2, 0) is 61.7 Å². The summed E-state index contributed by atoms with van der Waals surface area (Å²) < 4.78 is 47.7. The summed E-state index contributed by atoms with van der Waals surface area (Å²) in [4.78, 5) is 92.7. The minimum atomic E-state index is -2.43. The first-order valence-corrected chi connectivity index (χ1v) is 30.6. The van der Waals surface area contributed by atoms with Gasteiger partial charge in [-0.2, -0.15) is 0 Å². The van der Waals surface area contributed by atoms with Gasteiger partial charge in [-0.3, -0.25) is 19.2 Å². The number of hydrogen-bond acceptors (Lipinski definition) is 18. The number of piperidine rings is 1. The van der Waals surface area contributed by atoms with Gasteiger partial charge in [0.05, 0.1) is 37.6 Å². The molecule has 21 nitrogen and oxygen atoms in total. The van der Waals surface area contributed by atoms with Crippen molar-refractivity contribution in [3.05, 3.63) is 47.6 Å². The zero-order valence-corrected chi connectivity index (χ0v) is 51.3. The maximum Gasteiger partial charge on any atom is 0.452 e. The minimum Gasteiger partial charge on any atom is -0.460 e. The molecule has 1 saturated carbocycles. The van der Waals surface area contributed by atoms with E-state index < -0.39 is 104 Å². The smallest absolute Gasteiger partial charge is 0.452 e. The van der Waals surface area contributed by atoms with E-state index in [2.05, 4.69) is 19.7 Å². The van der Waals surface area contributed by atoms with Crippen LogP contribution in [-0.4, -0.2) is 171 Å². The van der Waals surface area contributed by atoms with E-state index in [0.29, 0.717) is 63.4 Å². The number of ether oxygens (including phenoxy) is 7. The molecule has 1 aliphatic carbocycles. The van der Waals surface area contributed by atoms with Crippen LogP contribution >= 0.6 is 7.80 Å². The highest BCUT2D eigenvalue weighted by molar-refractivity contribution is 7.42. The minimum absolute atomic E-state index is 0.0193. The van der Waals surface area contributed by atoms with Gasteiger partial charge >= 0.3 is 26.0 Å². The van der Waals surface area contributed by atoms with Crippen LogP contribution in [0.1, 0.15) is 139 Å². The zero-order chi connectivity index (χ0) is 61.1. The van der Waals surface area contributed by atoms with Gasteiger partial charge in [-0.05, 0) is 121 Å². The summed E-state index contributed by atoms with van der Waals surface area (Å²) in [7, 11) is 3.65. The number of rotatable bonds is 8. The van der Waals surface area contributed by atoms with E-state index in [1.165, 1.54) is 12.0 Å². The molecular weight excluding hydrogens is 1070 g/mol. The number of fused-ring (bicyclic) bond motifs is 3. The fourth-order valence-corrected chi connectivity index (χ4v) is 10.5. The lowest BCUT2D eigenvalue weighted by Crippen LogP contribution is -2.61. The molecule has 0 aromatic carbocycles. The average Bonchev–Trinajstić information content (AvgIpc) is 3.48. The maximum atomic E-state index is 14.4. The number of Topliss-reactive ketones (excluding diaryl/α,β-unsaturated/α-hetero) is 3. The Morgan fingerprint density at radius 1 is 0.827 bits per heavy atom. The summed E-state index contributed by atoms with van der Waals surface area (Å²) in [6.45, 7) is 19.7. The van der Waals surface area contributed by atoms with E-state index in [9.17, 15) is 53.4 Å². The molecule has 4 aliphatic rings. The van der Waals surface area contributed by atoms with E-state index in [4.69, 9.17) is 23.7 Å². The summed E-state index contributed by atoms with van der Waals surface area (Å²) in [5, 5.41) is 39.7. The summed E-state index contributed by atoms with van der Waals surface area (Å²) in [5.41, 5.74) is 1.27. The highest BCUT2D eigenvalue weighted by atomic mass is 31.1. The number of hydrogen-bond donors (Lipinski definition) is 3. The SMILES string of the molecule is CCOC(=O)N=NC(=O)OCC.CO[C@H]1C[C@@H]2CC[C@@H](C)[C@@](O)(O2)C(=O)C(=O)N2CCCC[C@H]2C(=O)O[C@H]([C@H](C)C[C@@H]2CC[C@@H](O)[C@H](OC)C2)CC(=O)[C@H](C)/C=C(\C)[C@@H](O)[C@@H](OC)C(=O)[C@H](C)C[C@H](C)/C=C/C=C/C=C/1C.C[P+](C)=O. The van der Waals surface area contributed by atoms with E-state index in [1.54, 1.807) is 68.2 Å². The predicted molar refractivity (Wildman–Crippen MR) is 303 cm³/mol. The van der Waals surface area contributed by atoms with Crippen molar-refractivity contribution in [1.82, 2.24) is 4.90 Å². The fourth-order valence-electron chi connectivity index (χ4n) is 10.5. The van der Waals surface area contributed by atoms with Gasteiger partial charge in [0.2, 0.25) is 5.79 Å². The lowest BCUT2D eigenvalue weighted by atomic mass is 9.78. The van der Waals surface area contributed by atoms with Crippen LogP contribution in [0.2, 0.25) is 0 Å². The monoisotopic (exact) mass is 1160 g/mol. The molecule has 0 aromatic heterocycles. The zero-order valence-electron chi connectivity index (χ0n) is 50.4. The second-order valence-electron chi connectivity index (χ2n) is 22.0. The maximum absolute atomic E-state index is 14.4. The Kier molecular flexibility index (Phi) is 32.8. The van der Waals surface area contributed by atoms with Gasteiger partial charge in [-0.15, -0.1) is 0 Å². The van der Waals surface area contributed by atoms with Crippen molar-refractivity contribution >= 4 is 49.2 Å². The van der Waals surface area contributed by atoms with Crippen LogP contribution in [0.25, 0.3) is 0 Å². The van der Waals surface area contributed by atoms with Gasteiger partial charge in [0, 0.05) is 58.5 Å². The Hall–Kier alpha value is -4.73. The predicted octanol–water partition coefficient (Wildman–Crippen LogP) is 9.01. The molecule has 3 amide bonds. The van der Waals surface area contributed by atoms with Gasteiger partial charge in [0.25, 0.3) is 11.7 Å². The molecule has 0 radical (unpaired) electrons. The molecule has 3 heterocycles. The molecule has 3 aliphatic heterocycles. The summed E-state index contributed by atoms with van der Waals surface area (Å²) >= 11 is 0. The van der Waals surface area contributed by atoms with Crippen LogP contribution < -0.4 is 0 Å². The molecule has 3 fully saturated rings. The van der Waals surface area contributed by atoms with E-state index >= 15 is 0 Å². The van der Waals surface area contributed by atoms with E-state index in [1.807, 2.05) is 58.1 Å². The van der Waals surface area contributed by atoms with Crippen LogP contribution in [0.3, 0.4) is 0 Å². The number of nitrogens with zero attached hydrogens (tertiary/aromatic N) is 3. The Balaban J connectivity index is 0.00000122. The van der Waals surface area contributed by atoms with Crippen LogP contribution in [0.15, 0.2) is 57.8 Å². The highest BCUT2D eigenvalue weighted by Crippen LogP contribution is 2.38. The van der Waals surface area contributed by atoms with Crippen molar-refractivity contribution in [3.8, 4) is 0 Å². The number of azo groups is 1. The lowest BCUT2D eigenvalue weighted by molar-refractivity contribution is -0.265. The summed E-state index contributed by atoms with van der Waals surface area (Å²) in [5.74, 6) is -7.96. The second kappa shape index (κ2) is 36.8. The molecule has 2 bridgehead atoms. The first-order valence-electron chi connectivity index (χ1n) is 28.5. The fraction of sp³-hybridized carbons (Fsp3) is 0.746. The number of cyclic esters (lactones) is 1. The molecule has 15 atom stereocenters. The molecule has 458 valence electrons. The van der Waals surface area contributed by atoms with Crippen molar-refractivity contribution in [1.29, 1.82) is 0 Å². The largest absolute Gasteiger partial charge is 0.460 e. The first kappa shape index (κ1) is 72.4. The number of carbonyl (C=O) groups is 7. The van der Waals surface area contributed by atoms with Crippen molar-refractivity contribution < 1.29 is 86.6 Å². The van der Waals surface area contributed by atoms with Crippen LogP contribution in [0, 0.1) is 35.5 Å². The average molecular weight is 1170 g/mol. The number of esters is 1. The Labute approximate surface area is 480 Å². The Morgan fingerprint density at radius 3 is 2.04 bits per heavy atom. The molecule has 22 heteroatoms. The number of aliphatic hydroxyl groups is 3. The van der Waals surface area contributed by atoms with E-state index in [-0.39, 0.29) is 68.0 Å². The molecule has 0 aromatic rings. The topological polar surface area (TPSA) is 290 Å². The van der Waals surface area contributed by atoms with Gasteiger partial charge in [0.1, 0.15) is 43.5 Å². The third kappa shape index (κ3) is 23.8. The van der Waals surface area contributed by atoms with Gasteiger partial charge in [-0.1, -0.05) is 85.9 Å². The number of allylic oxidation sites excluding steroid dienone is 6. The molecule has 81 heavy (non-hydrogen) atoms. The van der Waals surface area contributed by atoms with Crippen molar-refractivity contribution in [2.75, 3.05) is 54.4 Å². The van der Waals surface area contributed by atoms with Crippen molar-refractivity contribution in [2.24, 2.45) is 45.7 Å². The molecule has 2 saturated heterocycles. The quantitative estimate of drug-likeness (QED) is 0.0510. The first-order chi connectivity index (χ1) is 38.2. The Morgan fingerprint density at radius 2 is 1.46 bits per heavy atom. The molecule has 0 unspecified atom stereocenters. The van der Waals surface area contributed by atoms with Gasteiger partial charge in [0.15, 0.2) is 5.78 Å². The Bertz CT molecular complexity index is 2210.